The first kappa shape index (κ1) is 21.0. The van der Waals surface area contributed by atoms with E-state index in [2.05, 4.69) is 0 Å². The maximum Gasteiger partial charge on any atom is 0.292 e. The molecule has 0 aromatic heterocycles. The topological polar surface area (TPSA) is 83.1 Å². The van der Waals surface area contributed by atoms with Crippen LogP contribution in [-0.4, -0.2) is 5.78 Å². The Labute approximate surface area is 166 Å². The smallest absolute Gasteiger partial charge is 0.292 e. The predicted molar refractivity (Wildman–Crippen MR) is 106 cm³/mol. The molecule has 0 amide bonds. The highest BCUT2D eigenvalue weighted by molar-refractivity contribution is 6.09. The van der Waals surface area contributed by atoms with E-state index in [0.29, 0.717) is 22.6 Å². The summed E-state index contributed by atoms with van der Waals surface area (Å²) in [6.45, 7) is 12.0. The number of carbonyl (C=O) groups excluding carboxylic acids is 1. The van der Waals surface area contributed by atoms with Crippen molar-refractivity contribution >= 4 is 5.78 Å². The molecule has 0 aliphatic carbocycles. The number of hydrogen-bond acceptors (Lipinski definition) is 5. The normalized spacial score (nSPS) is 11.3. The summed E-state index contributed by atoms with van der Waals surface area (Å²) >= 11 is 0. The summed E-state index contributed by atoms with van der Waals surface area (Å²) in [5.41, 5.74) is 1.96. The average Bonchev–Trinajstić information content (AvgIpc) is 2.60. The van der Waals surface area contributed by atoms with E-state index < -0.39 is 0 Å². The van der Waals surface area contributed by atoms with Gasteiger partial charge < -0.3 is 9.47 Å². The SMILES string of the molecule is CC(C)(C)c1cc(C(=O)c2ccc(OC#N)c(C(C)(C)C)c2)ccc1OC#N. The second-order valence-electron chi connectivity index (χ2n) is 8.64. The maximum absolute atomic E-state index is 13.1. The van der Waals surface area contributed by atoms with Crippen LogP contribution in [0.5, 0.6) is 11.5 Å². The Morgan fingerprint density at radius 2 is 1.11 bits per heavy atom. The van der Waals surface area contributed by atoms with E-state index in [1.165, 1.54) is 0 Å². The van der Waals surface area contributed by atoms with Crippen molar-refractivity contribution < 1.29 is 14.3 Å². The van der Waals surface area contributed by atoms with Gasteiger partial charge in [-0.1, -0.05) is 41.5 Å². The van der Waals surface area contributed by atoms with Gasteiger partial charge in [-0.15, -0.1) is 10.5 Å². The van der Waals surface area contributed by atoms with E-state index in [9.17, 15) is 4.79 Å². The van der Waals surface area contributed by atoms with E-state index in [0.717, 1.165) is 11.1 Å². The van der Waals surface area contributed by atoms with Gasteiger partial charge in [0.1, 0.15) is 11.5 Å². The third-order valence-corrected chi connectivity index (χ3v) is 4.41. The van der Waals surface area contributed by atoms with E-state index in [1.54, 1.807) is 48.9 Å². The second kappa shape index (κ2) is 7.74. The predicted octanol–water partition coefficient (Wildman–Crippen LogP) is 5.23. The van der Waals surface area contributed by atoms with Gasteiger partial charge in [0, 0.05) is 22.3 Å². The molecule has 5 nitrogen and oxygen atoms in total. The first-order valence-corrected chi connectivity index (χ1v) is 8.94. The van der Waals surface area contributed by atoms with Crippen molar-refractivity contribution in [1.82, 2.24) is 0 Å². The summed E-state index contributed by atoms with van der Waals surface area (Å²) in [5.74, 6) is 0.738. The van der Waals surface area contributed by atoms with Gasteiger partial charge in [-0.3, -0.25) is 4.79 Å². The summed E-state index contributed by atoms with van der Waals surface area (Å²) in [5, 5.41) is 17.7. The third kappa shape index (κ3) is 4.50. The molecule has 0 N–H and O–H groups in total. The Hall–Kier alpha value is -3.31. The average molecular weight is 376 g/mol. The van der Waals surface area contributed by atoms with Crippen LogP contribution in [0.15, 0.2) is 36.4 Å². The molecule has 0 spiro atoms. The molecular weight excluding hydrogens is 352 g/mol. The lowest BCUT2D eigenvalue weighted by atomic mass is 9.83. The number of hydrogen-bond donors (Lipinski definition) is 0. The van der Waals surface area contributed by atoms with E-state index in [-0.39, 0.29) is 16.6 Å². The fourth-order valence-corrected chi connectivity index (χ4v) is 2.96. The summed E-state index contributed by atoms with van der Waals surface area (Å²) in [4.78, 5) is 13.1. The maximum atomic E-state index is 13.1. The number of nitrogens with zero attached hydrogens (tertiary/aromatic N) is 2. The number of benzene rings is 2. The Morgan fingerprint density at radius 3 is 1.39 bits per heavy atom. The Bertz CT molecular complexity index is 901. The Balaban J connectivity index is 2.55. The van der Waals surface area contributed by atoms with Crippen LogP contribution in [0.25, 0.3) is 0 Å². The monoisotopic (exact) mass is 376 g/mol. The molecular formula is C23H24N2O3. The molecule has 0 unspecified atom stereocenters. The molecule has 5 heteroatoms. The van der Waals surface area contributed by atoms with Crippen molar-refractivity contribution in [3.8, 4) is 24.0 Å². The Kier molecular flexibility index (Phi) is 5.81. The zero-order chi connectivity index (χ0) is 21.1. The van der Waals surface area contributed by atoms with Crippen molar-refractivity contribution in [2.45, 2.75) is 52.4 Å². The van der Waals surface area contributed by atoms with Gasteiger partial charge in [0.2, 0.25) is 0 Å². The highest BCUT2D eigenvalue weighted by atomic mass is 16.5. The van der Waals surface area contributed by atoms with Crippen molar-refractivity contribution in [1.29, 1.82) is 10.5 Å². The molecule has 0 saturated carbocycles. The van der Waals surface area contributed by atoms with Crippen LogP contribution in [0, 0.1) is 23.0 Å². The fraction of sp³-hybridized carbons (Fsp3) is 0.348. The van der Waals surface area contributed by atoms with E-state index in [1.807, 2.05) is 41.5 Å². The molecule has 0 radical (unpaired) electrons. The molecule has 0 bridgehead atoms. The third-order valence-electron chi connectivity index (χ3n) is 4.41. The molecule has 28 heavy (non-hydrogen) atoms. The number of ketones is 1. The molecule has 0 atom stereocenters. The molecule has 2 aromatic rings. The van der Waals surface area contributed by atoms with E-state index >= 15 is 0 Å². The minimum absolute atomic E-state index is 0.150. The van der Waals surface area contributed by atoms with Crippen LogP contribution in [0.2, 0.25) is 0 Å². The lowest BCUT2D eigenvalue weighted by molar-refractivity contribution is 0.103. The minimum atomic E-state index is -0.302. The van der Waals surface area contributed by atoms with Crippen LogP contribution in [0.3, 0.4) is 0 Å². The van der Waals surface area contributed by atoms with Crippen LogP contribution >= 0.6 is 0 Å². The summed E-state index contributed by atoms with van der Waals surface area (Å²) in [7, 11) is 0. The van der Waals surface area contributed by atoms with Crippen LogP contribution < -0.4 is 9.47 Å². The second-order valence-corrected chi connectivity index (χ2v) is 8.64. The molecule has 0 aliphatic heterocycles. The summed E-state index contributed by atoms with van der Waals surface area (Å²) in [6.07, 6.45) is 3.39. The molecule has 144 valence electrons. The van der Waals surface area contributed by atoms with Gasteiger partial charge in [-0.05, 0) is 47.2 Å². The molecule has 0 fully saturated rings. The van der Waals surface area contributed by atoms with Crippen molar-refractivity contribution in [3.05, 3.63) is 58.7 Å². The lowest BCUT2D eigenvalue weighted by Gasteiger charge is -2.23. The molecule has 0 aliphatic rings. The number of ether oxygens (including phenoxy) is 2. The highest BCUT2D eigenvalue weighted by Gasteiger charge is 2.24. The first-order valence-electron chi connectivity index (χ1n) is 8.94. The fourth-order valence-electron chi connectivity index (χ4n) is 2.96. The van der Waals surface area contributed by atoms with Crippen molar-refractivity contribution in [2.24, 2.45) is 0 Å². The molecule has 2 aromatic carbocycles. The van der Waals surface area contributed by atoms with E-state index in [4.69, 9.17) is 20.0 Å². The standard InChI is InChI=1S/C23H24N2O3/c1-22(2,3)17-11-15(7-9-19(17)27-13-24)21(26)16-8-10-20(28-14-25)18(12-16)23(4,5)6/h7-12H,1-6H3. The van der Waals surface area contributed by atoms with Gasteiger partial charge in [0.05, 0.1) is 0 Å². The number of rotatable bonds is 4. The largest absolute Gasteiger partial charge is 0.388 e. The van der Waals surface area contributed by atoms with Gasteiger partial charge >= 0.3 is 0 Å². The zero-order valence-corrected chi connectivity index (χ0v) is 17.1. The first-order chi connectivity index (χ1) is 13.0. The number of nitriles is 2. The summed E-state index contributed by atoms with van der Waals surface area (Å²) in [6, 6.07) is 10.1. The van der Waals surface area contributed by atoms with Gasteiger partial charge in [0.15, 0.2) is 5.78 Å². The van der Waals surface area contributed by atoms with Gasteiger partial charge in [-0.25, -0.2) is 0 Å². The summed E-state index contributed by atoms with van der Waals surface area (Å²) < 4.78 is 10.1. The van der Waals surface area contributed by atoms with Crippen LogP contribution in [0.4, 0.5) is 0 Å². The molecule has 2 rings (SSSR count). The van der Waals surface area contributed by atoms with Gasteiger partial charge in [0.25, 0.3) is 12.5 Å². The van der Waals surface area contributed by atoms with Gasteiger partial charge in [-0.2, -0.15) is 0 Å². The zero-order valence-electron chi connectivity index (χ0n) is 17.1. The Morgan fingerprint density at radius 1 is 0.750 bits per heavy atom. The molecule has 0 saturated heterocycles. The lowest BCUT2D eigenvalue weighted by Crippen LogP contribution is -2.16. The molecule has 0 heterocycles. The van der Waals surface area contributed by atoms with Crippen LogP contribution in [0.1, 0.15) is 68.6 Å². The highest BCUT2D eigenvalue weighted by Crippen LogP contribution is 2.35. The minimum Gasteiger partial charge on any atom is -0.388 e. The number of carbonyl (C=O) groups is 1. The van der Waals surface area contributed by atoms with Crippen molar-refractivity contribution in [2.75, 3.05) is 0 Å². The quantitative estimate of drug-likeness (QED) is 0.539. The van der Waals surface area contributed by atoms with Crippen molar-refractivity contribution in [3.63, 3.8) is 0 Å². The van der Waals surface area contributed by atoms with Crippen LogP contribution in [-0.2, 0) is 10.8 Å².